The molecule has 2 aromatic heterocycles. The lowest BCUT2D eigenvalue weighted by atomic mass is 10.1. The van der Waals surface area contributed by atoms with Crippen molar-refractivity contribution < 1.29 is 14.0 Å². The summed E-state index contributed by atoms with van der Waals surface area (Å²) in [6, 6.07) is 7.11. The van der Waals surface area contributed by atoms with Crippen LogP contribution >= 0.6 is 0 Å². The molecule has 0 aromatic carbocycles. The van der Waals surface area contributed by atoms with Crippen molar-refractivity contribution in [1.29, 1.82) is 0 Å². The summed E-state index contributed by atoms with van der Waals surface area (Å²) in [5.41, 5.74) is 1.84. The Bertz CT molecular complexity index is 719. The van der Waals surface area contributed by atoms with E-state index < -0.39 is 0 Å². The highest BCUT2D eigenvalue weighted by atomic mass is 16.3. The van der Waals surface area contributed by atoms with Gasteiger partial charge in [0.1, 0.15) is 5.69 Å². The summed E-state index contributed by atoms with van der Waals surface area (Å²) in [5.74, 6) is 0.567. The number of nitrogens with one attached hydrogen (secondary N) is 1. The van der Waals surface area contributed by atoms with E-state index in [0.717, 1.165) is 25.9 Å². The van der Waals surface area contributed by atoms with Crippen LogP contribution in [0.5, 0.6) is 0 Å². The molecule has 1 aliphatic heterocycles. The van der Waals surface area contributed by atoms with E-state index in [2.05, 4.69) is 10.3 Å². The molecule has 1 N–H and O–H groups in total. The maximum absolute atomic E-state index is 12.3. The molecule has 1 saturated heterocycles. The average molecular weight is 327 g/mol. The Morgan fingerprint density at radius 1 is 1.25 bits per heavy atom. The Labute approximate surface area is 140 Å². The summed E-state index contributed by atoms with van der Waals surface area (Å²) in [4.78, 5) is 30.5. The lowest BCUT2D eigenvalue weighted by Gasteiger charge is -2.15. The molecule has 24 heavy (non-hydrogen) atoms. The van der Waals surface area contributed by atoms with E-state index >= 15 is 0 Å². The predicted octanol–water partition coefficient (Wildman–Crippen LogP) is 2.39. The number of nitrogens with zero attached hydrogens (tertiary/aromatic N) is 2. The zero-order valence-corrected chi connectivity index (χ0v) is 13.7. The number of likely N-dealkylation sites (tertiary alicyclic amines) is 1. The molecule has 0 unspecified atom stereocenters. The van der Waals surface area contributed by atoms with Crippen molar-refractivity contribution in [2.75, 3.05) is 19.6 Å². The fourth-order valence-corrected chi connectivity index (χ4v) is 2.87. The Balaban J connectivity index is 1.56. The zero-order valence-electron chi connectivity index (χ0n) is 13.7. The molecule has 1 aliphatic rings. The number of hydrogen-bond donors (Lipinski definition) is 1. The summed E-state index contributed by atoms with van der Waals surface area (Å²) in [6.45, 7) is 3.80. The smallest absolute Gasteiger partial charge is 0.253 e. The van der Waals surface area contributed by atoms with Crippen molar-refractivity contribution in [1.82, 2.24) is 15.2 Å². The second-order valence-corrected chi connectivity index (χ2v) is 5.90. The minimum absolute atomic E-state index is 0.107. The van der Waals surface area contributed by atoms with Crippen LogP contribution in [0.4, 0.5) is 0 Å². The third-order valence-electron chi connectivity index (χ3n) is 4.19. The maximum Gasteiger partial charge on any atom is 0.253 e. The van der Waals surface area contributed by atoms with Crippen LogP contribution in [-0.2, 0) is 4.79 Å². The highest BCUT2D eigenvalue weighted by molar-refractivity contribution is 5.95. The third-order valence-corrected chi connectivity index (χ3v) is 4.19. The molecule has 2 amide bonds. The van der Waals surface area contributed by atoms with Gasteiger partial charge >= 0.3 is 0 Å². The normalized spacial score (nSPS) is 14.0. The Morgan fingerprint density at radius 3 is 2.71 bits per heavy atom. The number of carbonyl (C=O) groups is 2. The summed E-state index contributed by atoms with van der Waals surface area (Å²) in [6.07, 6.45) is 4.07. The molecule has 0 saturated carbocycles. The van der Waals surface area contributed by atoms with Gasteiger partial charge in [-0.15, -0.1) is 0 Å². The molecule has 0 aliphatic carbocycles. The van der Waals surface area contributed by atoms with Crippen LogP contribution in [-0.4, -0.2) is 41.3 Å². The number of aromatic nitrogens is 1. The molecule has 0 bridgehead atoms. The molecule has 0 radical (unpaired) electrons. The molecule has 6 nitrogen and oxygen atoms in total. The van der Waals surface area contributed by atoms with Crippen molar-refractivity contribution in [2.24, 2.45) is 0 Å². The largest absolute Gasteiger partial charge is 0.463 e. The van der Waals surface area contributed by atoms with E-state index in [0.29, 0.717) is 35.7 Å². The quantitative estimate of drug-likeness (QED) is 0.915. The van der Waals surface area contributed by atoms with Crippen molar-refractivity contribution in [3.8, 4) is 11.5 Å². The van der Waals surface area contributed by atoms with Crippen molar-refractivity contribution >= 4 is 11.8 Å². The van der Waals surface area contributed by atoms with Crippen LogP contribution in [0, 0.1) is 6.92 Å². The standard InChI is InChI=1S/C18H21N3O3/c1-13-14(6-7-15(20-13)16-5-4-12-24-16)18(23)19-9-8-17(22)21-10-2-3-11-21/h4-7,12H,2-3,8-11H2,1H3,(H,19,23). The van der Waals surface area contributed by atoms with Gasteiger partial charge in [0.2, 0.25) is 5.91 Å². The number of hydrogen-bond acceptors (Lipinski definition) is 4. The Morgan fingerprint density at radius 2 is 2.04 bits per heavy atom. The Kier molecular flexibility index (Phi) is 4.93. The van der Waals surface area contributed by atoms with Crippen LogP contribution in [0.15, 0.2) is 34.9 Å². The van der Waals surface area contributed by atoms with Crippen LogP contribution in [0.1, 0.15) is 35.3 Å². The van der Waals surface area contributed by atoms with Crippen LogP contribution in [0.3, 0.4) is 0 Å². The molecule has 126 valence electrons. The van der Waals surface area contributed by atoms with Gasteiger partial charge in [0, 0.05) is 26.1 Å². The van der Waals surface area contributed by atoms with Crippen molar-refractivity contribution in [2.45, 2.75) is 26.2 Å². The monoisotopic (exact) mass is 327 g/mol. The lowest BCUT2D eigenvalue weighted by molar-refractivity contribution is -0.129. The first-order valence-corrected chi connectivity index (χ1v) is 8.22. The van der Waals surface area contributed by atoms with E-state index in [1.54, 1.807) is 31.4 Å². The molecule has 0 atom stereocenters. The fraction of sp³-hybridized carbons (Fsp3) is 0.389. The van der Waals surface area contributed by atoms with E-state index in [1.807, 2.05) is 11.0 Å². The second kappa shape index (κ2) is 7.29. The SMILES string of the molecule is Cc1nc(-c2ccco2)ccc1C(=O)NCCC(=O)N1CCCC1. The summed E-state index contributed by atoms with van der Waals surface area (Å²) in [5, 5.41) is 2.80. The van der Waals surface area contributed by atoms with Crippen LogP contribution in [0.25, 0.3) is 11.5 Å². The van der Waals surface area contributed by atoms with E-state index in [4.69, 9.17) is 4.42 Å². The number of pyridine rings is 1. The van der Waals surface area contributed by atoms with Gasteiger partial charge in [-0.2, -0.15) is 0 Å². The van der Waals surface area contributed by atoms with Crippen molar-refractivity contribution in [3.05, 3.63) is 41.8 Å². The molecule has 2 aromatic rings. The van der Waals surface area contributed by atoms with E-state index in [-0.39, 0.29) is 11.8 Å². The van der Waals surface area contributed by atoms with Gasteiger partial charge in [-0.05, 0) is 44.0 Å². The summed E-state index contributed by atoms with van der Waals surface area (Å²) in [7, 11) is 0. The fourth-order valence-electron chi connectivity index (χ4n) is 2.87. The summed E-state index contributed by atoms with van der Waals surface area (Å²) >= 11 is 0. The molecule has 3 rings (SSSR count). The minimum atomic E-state index is -0.208. The Hall–Kier alpha value is -2.63. The van der Waals surface area contributed by atoms with Gasteiger partial charge in [0.15, 0.2) is 5.76 Å². The van der Waals surface area contributed by atoms with Crippen LogP contribution < -0.4 is 5.32 Å². The second-order valence-electron chi connectivity index (χ2n) is 5.90. The van der Waals surface area contributed by atoms with Crippen LogP contribution in [0.2, 0.25) is 0 Å². The predicted molar refractivity (Wildman–Crippen MR) is 89.4 cm³/mol. The highest BCUT2D eigenvalue weighted by Gasteiger charge is 2.18. The number of aryl methyl sites for hydroxylation is 1. The number of carbonyl (C=O) groups excluding carboxylic acids is 2. The average Bonchev–Trinajstić information content (AvgIpc) is 3.28. The van der Waals surface area contributed by atoms with Gasteiger partial charge in [-0.1, -0.05) is 0 Å². The highest BCUT2D eigenvalue weighted by Crippen LogP contribution is 2.19. The zero-order chi connectivity index (χ0) is 16.9. The molecule has 0 spiro atoms. The van der Waals surface area contributed by atoms with Gasteiger partial charge < -0.3 is 14.6 Å². The van der Waals surface area contributed by atoms with Gasteiger partial charge in [-0.3, -0.25) is 9.59 Å². The van der Waals surface area contributed by atoms with E-state index in [1.165, 1.54) is 0 Å². The molecule has 3 heterocycles. The molecule has 1 fully saturated rings. The minimum Gasteiger partial charge on any atom is -0.463 e. The molecular formula is C18H21N3O3. The maximum atomic E-state index is 12.3. The summed E-state index contributed by atoms with van der Waals surface area (Å²) < 4.78 is 5.31. The number of furan rings is 1. The number of amides is 2. The van der Waals surface area contributed by atoms with Gasteiger partial charge in [0.05, 0.1) is 17.5 Å². The van der Waals surface area contributed by atoms with Crippen molar-refractivity contribution in [3.63, 3.8) is 0 Å². The van der Waals surface area contributed by atoms with E-state index in [9.17, 15) is 9.59 Å². The van der Waals surface area contributed by atoms with Gasteiger partial charge in [-0.25, -0.2) is 4.98 Å². The first-order valence-electron chi connectivity index (χ1n) is 8.22. The topological polar surface area (TPSA) is 75.4 Å². The first kappa shape index (κ1) is 16.2. The molecule has 6 heteroatoms. The third kappa shape index (κ3) is 3.64. The molecular weight excluding hydrogens is 306 g/mol. The van der Waals surface area contributed by atoms with Gasteiger partial charge in [0.25, 0.3) is 5.91 Å². The lowest BCUT2D eigenvalue weighted by Crippen LogP contribution is -2.33. The first-order chi connectivity index (χ1) is 11.6. The number of rotatable bonds is 5.